The van der Waals surface area contributed by atoms with E-state index in [1.165, 1.54) is 0 Å². The van der Waals surface area contributed by atoms with Crippen molar-refractivity contribution in [3.8, 4) is 11.5 Å². The Labute approximate surface area is 122 Å². The zero-order valence-electron chi connectivity index (χ0n) is 11.7. The fourth-order valence-corrected chi connectivity index (χ4v) is 2.12. The summed E-state index contributed by atoms with van der Waals surface area (Å²) in [6.07, 6.45) is -1.13. The van der Waals surface area contributed by atoms with Crippen molar-refractivity contribution in [2.75, 3.05) is 26.4 Å². The van der Waals surface area contributed by atoms with E-state index in [0.29, 0.717) is 31.1 Å². The average Bonchev–Trinajstić information content (AvgIpc) is 2.71. The van der Waals surface area contributed by atoms with Crippen molar-refractivity contribution in [3.63, 3.8) is 0 Å². The standard InChI is InChI=1S/C14H20F2N2O3/c15-14(16)9-19-7-4-11(18-17)10-2-3-12-13(8-10)21-6-1-5-20-12/h2-3,8,11,14,18H,1,4-7,9,17H2. The van der Waals surface area contributed by atoms with Crippen LogP contribution < -0.4 is 20.7 Å². The third-order valence-electron chi connectivity index (χ3n) is 3.17. The molecular formula is C14H20F2N2O3. The maximum atomic E-state index is 12.0. The predicted octanol–water partition coefficient (Wildman–Crippen LogP) is 2.02. The molecule has 5 nitrogen and oxygen atoms in total. The van der Waals surface area contributed by atoms with Crippen LogP contribution in [-0.2, 0) is 4.74 Å². The van der Waals surface area contributed by atoms with Crippen LogP contribution in [0.4, 0.5) is 8.78 Å². The molecule has 7 heteroatoms. The van der Waals surface area contributed by atoms with E-state index in [1.807, 2.05) is 18.2 Å². The third kappa shape index (κ3) is 4.80. The van der Waals surface area contributed by atoms with E-state index in [-0.39, 0.29) is 12.6 Å². The third-order valence-corrected chi connectivity index (χ3v) is 3.17. The van der Waals surface area contributed by atoms with E-state index in [4.69, 9.17) is 20.1 Å². The lowest BCUT2D eigenvalue weighted by molar-refractivity contribution is 0.0143. The number of hydrazine groups is 1. The molecule has 0 aliphatic carbocycles. The first-order valence-corrected chi connectivity index (χ1v) is 6.92. The summed E-state index contributed by atoms with van der Waals surface area (Å²) in [4.78, 5) is 0. The Hall–Kier alpha value is -1.44. The van der Waals surface area contributed by atoms with Gasteiger partial charge in [0.2, 0.25) is 0 Å². The molecule has 21 heavy (non-hydrogen) atoms. The number of nitrogens with two attached hydrogens (primary N) is 1. The number of rotatable bonds is 7. The molecule has 1 aromatic carbocycles. The minimum absolute atomic E-state index is 0.195. The fourth-order valence-electron chi connectivity index (χ4n) is 2.12. The van der Waals surface area contributed by atoms with Gasteiger partial charge in [-0.2, -0.15) is 0 Å². The monoisotopic (exact) mass is 302 g/mol. The number of alkyl halides is 2. The van der Waals surface area contributed by atoms with Crippen molar-refractivity contribution in [3.05, 3.63) is 23.8 Å². The lowest BCUT2D eigenvalue weighted by Crippen LogP contribution is -2.29. The number of ether oxygens (including phenoxy) is 3. The van der Waals surface area contributed by atoms with Gasteiger partial charge in [-0.25, -0.2) is 8.78 Å². The molecule has 1 aliphatic heterocycles. The zero-order valence-corrected chi connectivity index (χ0v) is 11.7. The van der Waals surface area contributed by atoms with Crippen molar-refractivity contribution in [2.24, 2.45) is 5.84 Å². The highest BCUT2D eigenvalue weighted by atomic mass is 19.3. The van der Waals surface area contributed by atoms with Gasteiger partial charge < -0.3 is 14.2 Å². The summed E-state index contributed by atoms with van der Waals surface area (Å²) in [5, 5.41) is 0. The van der Waals surface area contributed by atoms with Gasteiger partial charge in [0.25, 0.3) is 6.43 Å². The second kappa shape index (κ2) is 8.11. The smallest absolute Gasteiger partial charge is 0.261 e. The molecule has 0 bridgehead atoms. The number of hydrogen-bond acceptors (Lipinski definition) is 5. The quantitative estimate of drug-likeness (QED) is 0.458. The minimum Gasteiger partial charge on any atom is -0.490 e. The lowest BCUT2D eigenvalue weighted by atomic mass is 10.0. The molecule has 118 valence electrons. The molecule has 0 aromatic heterocycles. The first-order valence-electron chi connectivity index (χ1n) is 6.92. The molecule has 0 spiro atoms. The molecule has 1 heterocycles. The maximum Gasteiger partial charge on any atom is 0.261 e. The van der Waals surface area contributed by atoms with Gasteiger partial charge in [-0.3, -0.25) is 11.3 Å². The first kappa shape index (κ1) is 15.9. The molecule has 1 aliphatic rings. The van der Waals surface area contributed by atoms with E-state index < -0.39 is 13.0 Å². The van der Waals surface area contributed by atoms with Crippen LogP contribution >= 0.6 is 0 Å². The first-order chi connectivity index (χ1) is 10.2. The molecule has 1 aromatic rings. The van der Waals surface area contributed by atoms with Crippen LogP contribution in [0.2, 0.25) is 0 Å². The molecule has 1 atom stereocenters. The van der Waals surface area contributed by atoms with Crippen LogP contribution in [0.15, 0.2) is 18.2 Å². The predicted molar refractivity (Wildman–Crippen MR) is 73.6 cm³/mol. The van der Waals surface area contributed by atoms with Gasteiger partial charge in [-0.15, -0.1) is 0 Å². The number of nitrogens with one attached hydrogen (secondary N) is 1. The van der Waals surface area contributed by atoms with Crippen molar-refractivity contribution in [2.45, 2.75) is 25.3 Å². The largest absolute Gasteiger partial charge is 0.490 e. The highest BCUT2D eigenvalue weighted by Crippen LogP contribution is 2.32. The second-order valence-corrected chi connectivity index (χ2v) is 4.73. The average molecular weight is 302 g/mol. The SMILES string of the molecule is NNC(CCOCC(F)F)c1ccc2c(c1)OCCCO2. The van der Waals surface area contributed by atoms with Gasteiger partial charge >= 0.3 is 0 Å². The van der Waals surface area contributed by atoms with Crippen LogP contribution in [0, 0.1) is 0 Å². The fraction of sp³-hybridized carbons (Fsp3) is 0.571. The Morgan fingerprint density at radius 1 is 1.24 bits per heavy atom. The van der Waals surface area contributed by atoms with Crippen molar-refractivity contribution >= 4 is 0 Å². The Morgan fingerprint density at radius 3 is 2.71 bits per heavy atom. The Kier molecular flexibility index (Phi) is 6.16. The Bertz CT molecular complexity index is 446. The minimum atomic E-state index is -2.45. The van der Waals surface area contributed by atoms with E-state index in [9.17, 15) is 8.78 Å². The summed E-state index contributed by atoms with van der Waals surface area (Å²) >= 11 is 0. The molecule has 3 N–H and O–H groups in total. The van der Waals surface area contributed by atoms with Gasteiger partial charge in [-0.1, -0.05) is 6.07 Å². The molecule has 0 amide bonds. The van der Waals surface area contributed by atoms with E-state index in [2.05, 4.69) is 5.43 Å². The van der Waals surface area contributed by atoms with Crippen molar-refractivity contribution < 1.29 is 23.0 Å². The highest BCUT2D eigenvalue weighted by molar-refractivity contribution is 5.44. The van der Waals surface area contributed by atoms with Gasteiger partial charge in [0.05, 0.1) is 13.2 Å². The Morgan fingerprint density at radius 2 is 2.00 bits per heavy atom. The van der Waals surface area contributed by atoms with E-state index in [0.717, 1.165) is 12.0 Å². The second-order valence-electron chi connectivity index (χ2n) is 4.73. The number of halogens is 2. The molecule has 0 fully saturated rings. The van der Waals surface area contributed by atoms with Gasteiger partial charge in [0.15, 0.2) is 11.5 Å². The molecule has 1 unspecified atom stereocenters. The summed E-state index contributed by atoms with van der Waals surface area (Å²) < 4.78 is 40.0. The summed E-state index contributed by atoms with van der Waals surface area (Å²) in [5.74, 6) is 6.92. The van der Waals surface area contributed by atoms with E-state index in [1.54, 1.807) is 0 Å². The van der Waals surface area contributed by atoms with Crippen molar-refractivity contribution in [1.29, 1.82) is 0 Å². The number of fused-ring (bicyclic) bond motifs is 1. The molecule has 0 saturated heterocycles. The Balaban J connectivity index is 1.96. The molecule has 0 saturated carbocycles. The van der Waals surface area contributed by atoms with E-state index >= 15 is 0 Å². The van der Waals surface area contributed by atoms with Gasteiger partial charge in [0, 0.05) is 19.1 Å². The van der Waals surface area contributed by atoms with Crippen LogP contribution in [0.1, 0.15) is 24.4 Å². The van der Waals surface area contributed by atoms with Crippen LogP contribution in [0.5, 0.6) is 11.5 Å². The van der Waals surface area contributed by atoms with Gasteiger partial charge in [-0.05, 0) is 24.1 Å². The lowest BCUT2D eigenvalue weighted by Gasteiger charge is -2.18. The normalized spacial score (nSPS) is 15.8. The summed E-state index contributed by atoms with van der Waals surface area (Å²) in [5.41, 5.74) is 3.57. The zero-order chi connectivity index (χ0) is 15.1. The topological polar surface area (TPSA) is 65.7 Å². The van der Waals surface area contributed by atoms with Crippen LogP contribution in [0.3, 0.4) is 0 Å². The van der Waals surface area contributed by atoms with Crippen molar-refractivity contribution in [1.82, 2.24) is 5.43 Å². The highest BCUT2D eigenvalue weighted by Gasteiger charge is 2.15. The van der Waals surface area contributed by atoms with Crippen LogP contribution in [-0.4, -0.2) is 32.9 Å². The molecule has 0 radical (unpaired) electrons. The summed E-state index contributed by atoms with van der Waals surface area (Å²) in [7, 11) is 0. The van der Waals surface area contributed by atoms with Crippen LogP contribution in [0.25, 0.3) is 0 Å². The number of hydrogen-bond donors (Lipinski definition) is 2. The molecule has 2 rings (SSSR count). The summed E-state index contributed by atoms with van der Waals surface area (Å²) in [6.45, 7) is 0.882. The molecular weight excluding hydrogens is 282 g/mol. The van der Waals surface area contributed by atoms with Gasteiger partial charge in [0.1, 0.15) is 6.61 Å². The maximum absolute atomic E-state index is 12.0. The number of benzene rings is 1. The summed E-state index contributed by atoms with van der Waals surface area (Å²) in [6, 6.07) is 5.38.